The van der Waals surface area contributed by atoms with Gasteiger partial charge in [-0.1, -0.05) is 5.92 Å². The summed E-state index contributed by atoms with van der Waals surface area (Å²) in [6.07, 6.45) is 5.57. The predicted octanol–water partition coefficient (Wildman–Crippen LogP) is -0.801. The Kier molecular flexibility index (Phi) is 7.03. The van der Waals surface area contributed by atoms with E-state index in [0.29, 0.717) is 6.42 Å². The third-order valence-corrected chi connectivity index (χ3v) is 4.68. The zero-order valence-electron chi connectivity index (χ0n) is 14.2. The number of amides is 2. The van der Waals surface area contributed by atoms with E-state index in [0.717, 1.165) is 45.6 Å². The third kappa shape index (κ3) is 5.20. The summed E-state index contributed by atoms with van der Waals surface area (Å²) in [5.41, 5.74) is 0. The van der Waals surface area contributed by atoms with Crippen molar-refractivity contribution in [2.24, 2.45) is 0 Å². The fourth-order valence-electron chi connectivity index (χ4n) is 3.17. The lowest BCUT2D eigenvalue weighted by Gasteiger charge is -2.36. The number of piperazine rings is 1. The zero-order valence-corrected chi connectivity index (χ0v) is 14.2. The Morgan fingerprint density at radius 3 is 2.62 bits per heavy atom. The van der Waals surface area contributed by atoms with E-state index in [1.807, 2.05) is 4.90 Å². The van der Waals surface area contributed by atoms with Crippen LogP contribution in [0, 0.1) is 12.3 Å². The van der Waals surface area contributed by atoms with Crippen molar-refractivity contribution in [1.29, 1.82) is 0 Å². The quantitative estimate of drug-likeness (QED) is 0.642. The summed E-state index contributed by atoms with van der Waals surface area (Å²) in [6.45, 7) is 5.85. The number of carbonyl (C=O) groups is 2. The first-order chi connectivity index (χ1) is 11.5. The molecule has 0 saturated carbocycles. The number of carbonyl (C=O) groups excluding carboxylic acids is 2. The summed E-state index contributed by atoms with van der Waals surface area (Å²) in [4.78, 5) is 27.5. The van der Waals surface area contributed by atoms with Gasteiger partial charge in [-0.3, -0.25) is 14.5 Å². The molecule has 24 heavy (non-hydrogen) atoms. The molecule has 2 rings (SSSR count). The van der Waals surface area contributed by atoms with E-state index in [1.165, 1.54) is 0 Å². The second-order valence-corrected chi connectivity index (χ2v) is 6.38. The van der Waals surface area contributed by atoms with Gasteiger partial charge in [-0.2, -0.15) is 0 Å². The van der Waals surface area contributed by atoms with Crippen molar-refractivity contribution in [1.82, 2.24) is 15.1 Å². The molecule has 0 aromatic heterocycles. The average Bonchev–Trinajstić information content (AvgIpc) is 2.59. The fourth-order valence-corrected chi connectivity index (χ4v) is 3.17. The minimum atomic E-state index is -0.841. The summed E-state index contributed by atoms with van der Waals surface area (Å²) in [5.74, 6) is 2.12. The van der Waals surface area contributed by atoms with Gasteiger partial charge in [-0.25, -0.2) is 0 Å². The van der Waals surface area contributed by atoms with Crippen LogP contribution < -0.4 is 5.32 Å². The first-order valence-corrected chi connectivity index (χ1v) is 8.54. The summed E-state index contributed by atoms with van der Waals surface area (Å²) < 4.78 is 5.79. The Balaban J connectivity index is 1.74. The van der Waals surface area contributed by atoms with Gasteiger partial charge in [0, 0.05) is 39.6 Å². The molecular weight excluding hydrogens is 310 g/mol. The van der Waals surface area contributed by atoms with Crippen LogP contribution >= 0.6 is 0 Å². The Labute approximate surface area is 143 Å². The van der Waals surface area contributed by atoms with Gasteiger partial charge in [-0.05, 0) is 19.3 Å². The van der Waals surface area contributed by atoms with E-state index in [9.17, 15) is 14.7 Å². The molecule has 7 heteroatoms. The number of terminal acetylenes is 1. The molecule has 134 valence electrons. The number of hydrogen-bond acceptors (Lipinski definition) is 5. The molecule has 0 aliphatic carbocycles. The van der Waals surface area contributed by atoms with Gasteiger partial charge >= 0.3 is 0 Å². The number of rotatable bonds is 5. The van der Waals surface area contributed by atoms with Crippen molar-refractivity contribution in [3.8, 4) is 12.3 Å². The highest BCUT2D eigenvalue weighted by Crippen LogP contribution is 2.22. The fraction of sp³-hybridized carbons (Fsp3) is 0.765. The van der Waals surface area contributed by atoms with E-state index in [2.05, 4.69) is 16.1 Å². The Morgan fingerprint density at radius 2 is 2.00 bits per heavy atom. The molecule has 2 aliphatic rings. The summed E-state index contributed by atoms with van der Waals surface area (Å²) in [6, 6.07) is 0. The number of aliphatic hydroxyl groups is 1. The van der Waals surface area contributed by atoms with Crippen molar-refractivity contribution < 1.29 is 19.4 Å². The highest BCUT2D eigenvalue weighted by atomic mass is 16.5. The maximum atomic E-state index is 12.0. The molecule has 2 N–H and O–H groups in total. The molecule has 0 aromatic rings. The van der Waals surface area contributed by atoms with Crippen LogP contribution in [0.3, 0.4) is 0 Å². The number of nitrogens with one attached hydrogen (secondary N) is 1. The molecule has 2 fully saturated rings. The maximum absolute atomic E-state index is 12.0. The van der Waals surface area contributed by atoms with E-state index in [4.69, 9.17) is 11.2 Å². The van der Waals surface area contributed by atoms with Crippen LogP contribution in [0.15, 0.2) is 0 Å². The third-order valence-electron chi connectivity index (χ3n) is 4.68. The second kappa shape index (κ2) is 9.02. The number of aliphatic hydroxyl groups excluding tert-OH is 1. The largest absolute Gasteiger partial charge is 0.390 e. The van der Waals surface area contributed by atoms with Gasteiger partial charge in [0.15, 0.2) is 6.10 Å². The molecule has 3 unspecified atom stereocenters. The summed E-state index contributed by atoms with van der Waals surface area (Å²) in [7, 11) is 0. The lowest BCUT2D eigenvalue weighted by Crippen LogP contribution is -2.51. The van der Waals surface area contributed by atoms with Crippen LogP contribution in [-0.2, 0) is 14.3 Å². The standard InChI is InChI=1S/C17H27N3O4/c1-3-7-18-17(23)16-15(22)5-4-14(24-16)6-8-19-9-11-20(12-10-19)13(2)21/h1,14-16,22H,4-12H2,2H3,(H,18,23). The van der Waals surface area contributed by atoms with Crippen molar-refractivity contribution in [3.63, 3.8) is 0 Å². The number of ether oxygens (including phenoxy) is 1. The summed E-state index contributed by atoms with van der Waals surface area (Å²) >= 11 is 0. The van der Waals surface area contributed by atoms with Crippen LogP contribution in [0.25, 0.3) is 0 Å². The van der Waals surface area contributed by atoms with Crippen molar-refractivity contribution >= 4 is 11.8 Å². The van der Waals surface area contributed by atoms with Crippen molar-refractivity contribution in [2.75, 3.05) is 39.3 Å². The minimum absolute atomic E-state index is 0.0409. The molecule has 0 aromatic carbocycles. The van der Waals surface area contributed by atoms with Crippen LogP contribution in [0.4, 0.5) is 0 Å². The first kappa shape index (κ1) is 18.7. The van der Waals surface area contributed by atoms with Crippen LogP contribution in [-0.4, -0.2) is 84.3 Å². The molecule has 2 aliphatic heterocycles. The van der Waals surface area contributed by atoms with Gasteiger partial charge in [0.05, 0.1) is 18.8 Å². The maximum Gasteiger partial charge on any atom is 0.252 e. The minimum Gasteiger partial charge on any atom is -0.390 e. The van der Waals surface area contributed by atoms with Gasteiger partial charge in [-0.15, -0.1) is 6.42 Å². The topological polar surface area (TPSA) is 82.1 Å². The molecule has 7 nitrogen and oxygen atoms in total. The molecular formula is C17H27N3O4. The molecule has 0 spiro atoms. The zero-order chi connectivity index (χ0) is 17.5. The average molecular weight is 337 g/mol. The van der Waals surface area contributed by atoms with Gasteiger partial charge < -0.3 is 20.1 Å². The monoisotopic (exact) mass is 337 g/mol. The highest BCUT2D eigenvalue weighted by Gasteiger charge is 2.35. The van der Waals surface area contributed by atoms with Gasteiger partial charge in [0.25, 0.3) is 5.91 Å². The van der Waals surface area contributed by atoms with Gasteiger partial charge in [0.2, 0.25) is 5.91 Å². The van der Waals surface area contributed by atoms with Crippen molar-refractivity contribution in [3.05, 3.63) is 0 Å². The molecule has 2 amide bonds. The first-order valence-electron chi connectivity index (χ1n) is 8.54. The summed E-state index contributed by atoms with van der Waals surface area (Å²) in [5, 5.41) is 12.5. The van der Waals surface area contributed by atoms with Crippen LogP contribution in [0.2, 0.25) is 0 Å². The molecule has 2 saturated heterocycles. The van der Waals surface area contributed by atoms with Crippen molar-refractivity contribution in [2.45, 2.75) is 44.5 Å². The Hall–Kier alpha value is -1.62. The molecule has 0 radical (unpaired) electrons. The van der Waals surface area contributed by atoms with E-state index in [1.54, 1.807) is 6.92 Å². The Bertz CT molecular complexity index is 483. The molecule has 0 bridgehead atoms. The number of nitrogens with zero attached hydrogens (tertiary/aromatic N) is 2. The van der Waals surface area contributed by atoms with Gasteiger partial charge in [0.1, 0.15) is 0 Å². The Morgan fingerprint density at radius 1 is 1.29 bits per heavy atom. The predicted molar refractivity (Wildman–Crippen MR) is 89.1 cm³/mol. The van der Waals surface area contributed by atoms with Crippen LogP contribution in [0.5, 0.6) is 0 Å². The molecule has 3 atom stereocenters. The normalized spacial score (nSPS) is 28.2. The highest BCUT2D eigenvalue weighted by molar-refractivity contribution is 5.81. The SMILES string of the molecule is C#CCNC(=O)C1OC(CCN2CCN(C(C)=O)CC2)CCC1O. The van der Waals surface area contributed by atoms with E-state index in [-0.39, 0.29) is 24.5 Å². The number of hydrogen-bond donors (Lipinski definition) is 2. The molecule has 2 heterocycles. The second-order valence-electron chi connectivity index (χ2n) is 6.38. The van der Waals surface area contributed by atoms with Crippen LogP contribution in [0.1, 0.15) is 26.2 Å². The lowest BCUT2D eigenvalue weighted by molar-refractivity contribution is -0.158. The smallest absolute Gasteiger partial charge is 0.252 e. The lowest BCUT2D eigenvalue weighted by atomic mass is 9.98. The van der Waals surface area contributed by atoms with E-state index >= 15 is 0 Å². The van der Waals surface area contributed by atoms with E-state index < -0.39 is 12.2 Å².